The molecule has 1 aromatic heterocycles. The van der Waals surface area contributed by atoms with Crippen LogP contribution in [0.1, 0.15) is 24.7 Å². The first kappa shape index (κ1) is 18.3. The van der Waals surface area contributed by atoms with Gasteiger partial charge in [-0.05, 0) is 38.0 Å². The van der Waals surface area contributed by atoms with Gasteiger partial charge in [0.05, 0.1) is 10.0 Å². The molecule has 0 unspecified atom stereocenters. The maximum atomic E-state index is 12.0. The highest BCUT2D eigenvalue weighted by Gasteiger charge is 2.17. The van der Waals surface area contributed by atoms with Crippen LogP contribution in [0, 0.1) is 6.92 Å². The smallest absolute Gasteiger partial charge is 0.247 e. The Labute approximate surface area is 149 Å². The van der Waals surface area contributed by atoms with E-state index in [-0.39, 0.29) is 18.2 Å². The summed E-state index contributed by atoms with van der Waals surface area (Å²) < 4.78 is 4.86. The first-order chi connectivity index (χ1) is 11.3. The van der Waals surface area contributed by atoms with Gasteiger partial charge in [-0.2, -0.15) is 0 Å². The van der Waals surface area contributed by atoms with Crippen molar-refractivity contribution in [2.24, 2.45) is 0 Å². The summed E-state index contributed by atoms with van der Waals surface area (Å²) in [6.45, 7) is 3.32. The topological polar surface area (TPSA) is 84.2 Å². The molecule has 128 valence electrons. The Bertz CT molecular complexity index is 746. The number of aromatic nitrogens is 1. The molecule has 0 saturated heterocycles. The van der Waals surface area contributed by atoms with Crippen LogP contribution >= 0.6 is 23.2 Å². The number of anilines is 1. The summed E-state index contributed by atoms with van der Waals surface area (Å²) in [7, 11) is 0. The molecule has 6 nitrogen and oxygen atoms in total. The van der Waals surface area contributed by atoms with Gasteiger partial charge in [0, 0.05) is 12.5 Å². The zero-order chi connectivity index (χ0) is 17.7. The van der Waals surface area contributed by atoms with E-state index in [9.17, 15) is 9.59 Å². The second-order valence-electron chi connectivity index (χ2n) is 5.35. The highest BCUT2D eigenvalue weighted by Crippen LogP contribution is 2.23. The monoisotopic (exact) mass is 369 g/mol. The fraction of sp³-hybridized carbons (Fsp3) is 0.312. The summed E-state index contributed by atoms with van der Waals surface area (Å²) in [6, 6.07) is 6.12. The minimum Gasteiger partial charge on any atom is -0.360 e. The number of amides is 2. The lowest BCUT2D eigenvalue weighted by molar-refractivity contribution is -0.126. The molecule has 0 fully saturated rings. The van der Waals surface area contributed by atoms with Crippen LogP contribution in [0.5, 0.6) is 0 Å². The Morgan fingerprint density at radius 3 is 2.62 bits per heavy atom. The van der Waals surface area contributed by atoms with Crippen molar-refractivity contribution in [2.45, 2.75) is 32.7 Å². The molecule has 0 spiro atoms. The van der Waals surface area contributed by atoms with Crippen LogP contribution in [-0.2, 0) is 16.0 Å². The van der Waals surface area contributed by atoms with E-state index >= 15 is 0 Å². The quantitative estimate of drug-likeness (QED) is 0.817. The van der Waals surface area contributed by atoms with Crippen molar-refractivity contribution in [3.05, 3.63) is 45.6 Å². The van der Waals surface area contributed by atoms with Crippen molar-refractivity contribution < 1.29 is 14.1 Å². The van der Waals surface area contributed by atoms with Crippen LogP contribution in [0.2, 0.25) is 10.0 Å². The third-order valence-electron chi connectivity index (χ3n) is 3.27. The molecular weight excluding hydrogens is 353 g/mol. The Morgan fingerprint density at radius 2 is 2.00 bits per heavy atom. The lowest BCUT2D eigenvalue weighted by Crippen LogP contribution is -2.41. The molecule has 0 saturated carbocycles. The number of carbonyl (C=O) groups is 2. The first-order valence-corrected chi connectivity index (χ1v) is 8.08. The maximum Gasteiger partial charge on any atom is 0.247 e. The van der Waals surface area contributed by atoms with Gasteiger partial charge in [0.25, 0.3) is 0 Å². The molecule has 1 atom stereocenters. The SMILES string of the molecule is Cc1cc(NC(=O)[C@@H](C)NC(=O)CCc2ccc(Cl)c(Cl)c2)no1. The molecule has 2 amide bonds. The Kier molecular flexibility index (Phi) is 6.23. The molecule has 2 N–H and O–H groups in total. The number of halogens is 2. The molecule has 24 heavy (non-hydrogen) atoms. The normalized spacial score (nSPS) is 11.8. The van der Waals surface area contributed by atoms with Crippen LogP contribution in [-0.4, -0.2) is 23.0 Å². The molecule has 0 aliphatic heterocycles. The standard InChI is InChI=1S/C16H17Cl2N3O3/c1-9-7-14(21-24-9)20-16(23)10(2)19-15(22)6-4-11-3-5-12(17)13(18)8-11/h3,5,7-8,10H,4,6H2,1-2H3,(H,19,22)(H,20,21,23)/t10-/m1/s1. The molecule has 0 radical (unpaired) electrons. The van der Waals surface area contributed by atoms with Gasteiger partial charge in [0.2, 0.25) is 11.8 Å². The lowest BCUT2D eigenvalue weighted by atomic mass is 10.1. The lowest BCUT2D eigenvalue weighted by Gasteiger charge is -2.13. The van der Waals surface area contributed by atoms with Crippen molar-refractivity contribution in [3.8, 4) is 0 Å². The molecule has 1 aromatic carbocycles. The third-order valence-corrected chi connectivity index (χ3v) is 4.01. The van der Waals surface area contributed by atoms with Crippen molar-refractivity contribution in [1.82, 2.24) is 10.5 Å². The van der Waals surface area contributed by atoms with Crippen molar-refractivity contribution in [1.29, 1.82) is 0 Å². The van der Waals surface area contributed by atoms with Gasteiger partial charge in [-0.25, -0.2) is 0 Å². The molecule has 2 aromatic rings. The first-order valence-electron chi connectivity index (χ1n) is 7.32. The maximum absolute atomic E-state index is 12.0. The molecule has 0 aliphatic rings. The average Bonchev–Trinajstić information content (AvgIpc) is 2.93. The Morgan fingerprint density at radius 1 is 1.25 bits per heavy atom. The molecule has 8 heteroatoms. The predicted octanol–water partition coefficient (Wildman–Crippen LogP) is 3.37. The largest absolute Gasteiger partial charge is 0.360 e. The van der Waals surface area contributed by atoms with E-state index in [1.54, 1.807) is 32.0 Å². The molecular formula is C16H17Cl2N3O3. The van der Waals surface area contributed by atoms with Crippen LogP contribution in [0.3, 0.4) is 0 Å². The van der Waals surface area contributed by atoms with Gasteiger partial charge in [0.15, 0.2) is 5.82 Å². The third kappa shape index (κ3) is 5.25. The van der Waals surface area contributed by atoms with E-state index in [4.69, 9.17) is 27.7 Å². The fourth-order valence-corrected chi connectivity index (χ4v) is 2.31. The summed E-state index contributed by atoms with van der Waals surface area (Å²) in [4.78, 5) is 23.9. The second kappa shape index (κ2) is 8.17. The molecule has 0 bridgehead atoms. The van der Waals surface area contributed by atoms with Crippen LogP contribution in [0.15, 0.2) is 28.8 Å². The highest BCUT2D eigenvalue weighted by molar-refractivity contribution is 6.42. The van der Waals surface area contributed by atoms with Crippen LogP contribution in [0.4, 0.5) is 5.82 Å². The zero-order valence-electron chi connectivity index (χ0n) is 13.2. The second-order valence-corrected chi connectivity index (χ2v) is 6.16. The summed E-state index contributed by atoms with van der Waals surface area (Å²) in [5, 5.41) is 9.78. The molecule has 2 rings (SSSR count). The van der Waals surface area contributed by atoms with Gasteiger partial charge in [0.1, 0.15) is 11.8 Å². The highest BCUT2D eigenvalue weighted by atomic mass is 35.5. The van der Waals surface area contributed by atoms with E-state index in [1.807, 2.05) is 6.07 Å². The van der Waals surface area contributed by atoms with Gasteiger partial charge in [-0.15, -0.1) is 0 Å². The minimum absolute atomic E-state index is 0.235. The number of aryl methyl sites for hydroxylation is 2. The number of hydrogen-bond acceptors (Lipinski definition) is 4. The number of hydrogen-bond donors (Lipinski definition) is 2. The minimum atomic E-state index is -0.691. The number of nitrogens with one attached hydrogen (secondary N) is 2. The summed E-state index contributed by atoms with van der Waals surface area (Å²) in [5.41, 5.74) is 0.898. The number of rotatable bonds is 6. The number of benzene rings is 1. The summed E-state index contributed by atoms with van der Waals surface area (Å²) in [6.07, 6.45) is 0.734. The van der Waals surface area contributed by atoms with E-state index in [0.717, 1.165) is 5.56 Å². The Hall–Kier alpha value is -2.05. The molecule has 0 aliphatic carbocycles. The van der Waals surface area contributed by atoms with E-state index in [2.05, 4.69) is 15.8 Å². The number of nitrogens with zero attached hydrogens (tertiary/aromatic N) is 1. The van der Waals surface area contributed by atoms with Crippen LogP contribution < -0.4 is 10.6 Å². The van der Waals surface area contributed by atoms with Crippen molar-refractivity contribution in [2.75, 3.05) is 5.32 Å². The van der Waals surface area contributed by atoms with E-state index < -0.39 is 6.04 Å². The van der Waals surface area contributed by atoms with Crippen LogP contribution in [0.25, 0.3) is 0 Å². The van der Waals surface area contributed by atoms with Gasteiger partial charge < -0.3 is 15.2 Å². The van der Waals surface area contributed by atoms with Gasteiger partial charge in [-0.3, -0.25) is 9.59 Å². The van der Waals surface area contributed by atoms with Crippen molar-refractivity contribution >= 4 is 40.8 Å². The Balaban J connectivity index is 1.80. The van der Waals surface area contributed by atoms with Gasteiger partial charge in [-0.1, -0.05) is 34.4 Å². The predicted molar refractivity (Wildman–Crippen MR) is 92.3 cm³/mol. The fourth-order valence-electron chi connectivity index (χ4n) is 1.99. The van der Waals surface area contributed by atoms with Gasteiger partial charge >= 0.3 is 0 Å². The summed E-state index contributed by atoms with van der Waals surface area (Å²) >= 11 is 11.8. The molecule has 1 heterocycles. The number of carbonyl (C=O) groups excluding carboxylic acids is 2. The van der Waals surface area contributed by atoms with Crippen molar-refractivity contribution in [3.63, 3.8) is 0 Å². The van der Waals surface area contributed by atoms with E-state index in [1.165, 1.54) is 0 Å². The zero-order valence-corrected chi connectivity index (χ0v) is 14.7. The average molecular weight is 370 g/mol. The summed E-state index contributed by atoms with van der Waals surface area (Å²) in [5.74, 6) is 0.296. The van der Waals surface area contributed by atoms with E-state index in [0.29, 0.717) is 28.0 Å².